The van der Waals surface area contributed by atoms with E-state index in [1.165, 1.54) is 0 Å². The topological polar surface area (TPSA) is 58.7 Å². The van der Waals surface area contributed by atoms with Crippen LogP contribution in [0.3, 0.4) is 0 Å². The second-order valence-corrected chi connectivity index (χ2v) is 5.38. The van der Waals surface area contributed by atoms with Crippen molar-refractivity contribution in [3.63, 3.8) is 0 Å². The summed E-state index contributed by atoms with van der Waals surface area (Å²) in [5, 5.41) is 2.83. The van der Waals surface area contributed by atoms with Crippen molar-refractivity contribution in [2.45, 2.75) is 58.6 Å². The predicted octanol–water partition coefficient (Wildman–Crippen LogP) is 1.68. The molecule has 0 radical (unpaired) electrons. The molecule has 0 saturated carbocycles. The Labute approximate surface area is 103 Å². The van der Waals surface area contributed by atoms with Crippen LogP contribution in [-0.2, 0) is 14.3 Å². The van der Waals surface area contributed by atoms with Crippen molar-refractivity contribution in [2.75, 3.05) is 6.61 Å². The van der Waals surface area contributed by atoms with Crippen molar-refractivity contribution in [3.05, 3.63) is 0 Å². The lowest BCUT2D eigenvalue weighted by Crippen LogP contribution is -2.46. The highest BCUT2D eigenvalue weighted by Crippen LogP contribution is 2.29. The number of hydrogen-bond donors (Lipinski definition) is 1. The molecule has 0 spiro atoms. The molecule has 1 saturated heterocycles. The first-order valence-corrected chi connectivity index (χ1v) is 6.36. The second-order valence-electron chi connectivity index (χ2n) is 5.38. The summed E-state index contributed by atoms with van der Waals surface area (Å²) in [4.78, 5) is 23.7. The van der Waals surface area contributed by atoms with Crippen LogP contribution in [0.25, 0.3) is 0 Å². The van der Waals surface area contributed by atoms with Crippen molar-refractivity contribution in [2.24, 2.45) is 5.92 Å². The highest BCUT2D eigenvalue weighted by atomic mass is 16.6. The van der Waals surface area contributed by atoms with Crippen LogP contribution in [0.5, 0.6) is 0 Å². The van der Waals surface area contributed by atoms with E-state index in [1.54, 1.807) is 6.92 Å². The first-order chi connectivity index (χ1) is 7.89. The van der Waals surface area contributed by atoms with Gasteiger partial charge in [-0.15, -0.1) is 0 Å². The summed E-state index contributed by atoms with van der Waals surface area (Å²) in [6.45, 7) is 8.30. The molecule has 4 heteroatoms. The zero-order chi connectivity index (χ0) is 13.1. The third-order valence-electron chi connectivity index (χ3n) is 2.93. The van der Waals surface area contributed by atoms with Crippen LogP contribution in [0, 0.1) is 5.92 Å². The number of Topliss-reactive ketones (excluding diaryl/α,β-unsaturated/α-hetero) is 1. The number of nitrogens with one attached hydrogen (secondary N) is 1. The summed E-state index contributed by atoms with van der Waals surface area (Å²) < 4.78 is 5.16. The zero-order valence-electron chi connectivity index (χ0n) is 11.2. The van der Waals surface area contributed by atoms with Gasteiger partial charge in [-0.25, -0.2) is 0 Å². The quantitative estimate of drug-likeness (QED) is 0.690. The van der Waals surface area contributed by atoms with Crippen molar-refractivity contribution < 1.29 is 14.3 Å². The third kappa shape index (κ3) is 4.11. The Hall–Kier alpha value is -0.900. The van der Waals surface area contributed by atoms with Crippen LogP contribution in [0.1, 0.15) is 47.0 Å². The van der Waals surface area contributed by atoms with Gasteiger partial charge >= 0.3 is 0 Å². The molecule has 1 aliphatic rings. The minimum absolute atomic E-state index is 0.00986. The maximum absolute atomic E-state index is 12.2. The highest BCUT2D eigenvalue weighted by Gasteiger charge is 2.49. The van der Waals surface area contributed by atoms with E-state index in [-0.39, 0.29) is 11.7 Å². The molecule has 2 unspecified atom stereocenters. The summed E-state index contributed by atoms with van der Waals surface area (Å²) in [5.41, 5.74) is -0.654. The number of rotatable bonds is 7. The van der Waals surface area contributed by atoms with E-state index in [4.69, 9.17) is 4.74 Å². The number of ketones is 1. The minimum atomic E-state index is -0.654. The van der Waals surface area contributed by atoms with Crippen LogP contribution < -0.4 is 5.32 Å². The number of hydrogen-bond acceptors (Lipinski definition) is 3. The molecule has 1 heterocycles. The summed E-state index contributed by atoms with van der Waals surface area (Å²) in [5.74, 6) is 0.333. The third-order valence-corrected chi connectivity index (χ3v) is 2.93. The fourth-order valence-corrected chi connectivity index (χ4v) is 1.82. The van der Waals surface area contributed by atoms with Crippen LogP contribution in [0.2, 0.25) is 0 Å². The van der Waals surface area contributed by atoms with Gasteiger partial charge < -0.3 is 10.1 Å². The second kappa shape index (κ2) is 5.63. The molecule has 0 aromatic rings. The van der Waals surface area contributed by atoms with Gasteiger partial charge in [-0.3, -0.25) is 9.59 Å². The molecule has 98 valence electrons. The number of carbonyl (C=O) groups excluding carboxylic acids is 2. The lowest BCUT2D eigenvalue weighted by atomic mass is 9.93. The lowest BCUT2D eigenvalue weighted by molar-refractivity contribution is -0.130. The monoisotopic (exact) mass is 241 g/mol. The molecular weight excluding hydrogens is 218 g/mol. The van der Waals surface area contributed by atoms with E-state index in [0.717, 1.165) is 6.42 Å². The Bertz CT molecular complexity index is 295. The van der Waals surface area contributed by atoms with Crippen molar-refractivity contribution in [1.29, 1.82) is 0 Å². The van der Waals surface area contributed by atoms with Gasteiger partial charge in [-0.1, -0.05) is 20.8 Å². The summed E-state index contributed by atoms with van der Waals surface area (Å²) in [6.07, 6.45) is 1.94. The van der Waals surface area contributed by atoms with Crippen molar-refractivity contribution >= 4 is 11.7 Å². The molecule has 0 aliphatic carbocycles. The molecule has 17 heavy (non-hydrogen) atoms. The minimum Gasteiger partial charge on any atom is -0.361 e. The fraction of sp³-hybridized carbons (Fsp3) is 0.846. The van der Waals surface area contributed by atoms with Crippen LogP contribution >= 0.6 is 0 Å². The molecule has 1 N–H and O–H groups in total. The summed E-state index contributed by atoms with van der Waals surface area (Å²) >= 11 is 0. The summed E-state index contributed by atoms with van der Waals surface area (Å²) in [6, 6.07) is -0.401. The SMILES string of the molecule is CCCC(=O)NC(CC(C)C)C(=O)C1(C)CO1. The van der Waals surface area contributed by atoms with E-state index < -0.39 is 11.6 Å². The van der Waals surface area contributed by atoms with Gasteiger partial charge in [0, 0.05) is 6.42 Å². The molecule has 2 atom stereocenters. The zero-order valence-corrected chi connectivity index (χ0v) is 11.2. The van der Waals surface area contributed by atoms with Gasteiger partial charge in [0.1, 0.15) is 5.60 Å². The molecule has 0 aromatic heterocycles. The molecule has 1 rings (SSSR count). The van der Waals surface area contributed by atoms with E-state index in [9.17, 15) is 9.59 Å². The Morgan fingerprint density at radius 2 is 2.00 bits per heavy atom. The van der Waals surface area contributed by atoms with Gasteiger partial charge in [-0.05, 0) is 25.7 Å². The number of epoxide rings is 1. The van der Waals surface area contributed by atoms with E-state index in [1.807, 2.05) is 20.8 Å². The van der Waals surface area contributed by atoms with E-state index in [2.05, 4.69) is 5.32 Å². The maximum Gasteiger partial charge on any atom is 0.220 e. The van der Waals surface area contributed by atoms with E-state index >= 15 is 0 Å². The largest absolute Gasteiger partial charge is 0.361 e. The standard InChI is InChI=1S/C13H23NO3/c1-5-6-11(15)14-10(7-9(2)3)12(16)13(4)8-17-13/h9-10H,5-8H2,1-4H3,(H,14,15). The average Bonchev–Trinajstić information content (AvgIpc) is 2.95. The van der Waals surface area contributed by atoms with Gasteiger partial charge in [0.15, 0.2) is 5.78 Å². The Kier molecular flexibility index (Phi) is 4.69. The van der Waals surface area contributed by atoms with E-state index in [0.29, 0.717) is 25.4 Å². The van der Waals surface area contributed by atoms with Gasteiger partial charge in [0.2, 0.25) is 5.91 Å². The van der Waals surface area contributed by atoms with Crippen LogP contribution in [-0.4, -0.2) is 29.9 Å². The Balaban J connectivity index is 2.60. The highest BCUT2D eigenvalue weighted by molar-refractivity contribution is 5.96. The lowest BCUT2D eigenvalue weighted by Gasteiger charge is -2.21. The smallest absolute Gasteiger partial charge is 0.220 e. The molecular formula is C13H23NO3. The molecule has 0 aromatic carbocycles. The van der Waals surface area contributed by atoms with Gasteiger partial charge in [0.25, 0.3) is 0 Å². The fourth-order valence-electron chi connectivity index (χ4n) is 1.82. The van der Waals surface area contributed by atoms with Crippen LogP contribution in [0.4, 0.5) is 0 Å². The average molecular weight is 241 g/mol. The maximum atomic E-state index is 12.2. The summed E-state index contributed by atoms with van der Waals surface area (Å²) in [7, 11) is 0. The van der Waals surface area contributed by atoms with Crippen molar-refractivity contribution in [1.82, 2.24) is 5.32 Å². The molecule has 1 fully saturated rings. The molecule has 1 amide bonds. The normalized spacial score (nSPS) is 24.5. The Morgan fingerprint density at radius 1 is 1.41 bits per heavy atom. The number of carbonyl (C=O) groups is 2. The van der Waals surface area contributed by atoms with Gasteiger partial charge in [0.05, 0.1) is 12.6 Å². The predicted molar refractivity (Wildman–Crippen MR) is 65.7 cm³/mol. The van der Waals surface area contributed by atoms with Crippen LogP contribution in [0.15, 0.2) is 0 Å². The first kappa shape index (κ1) is 14.2. The molecule has 1 aliphatic heterocycles. The Morgan fingerprint density at radius 3 is 2.41 bits per heavy atom. The van der Waals surface area contributed by atoms with Gasteiger partial charge in [-0.2, -0.15) is 0 Å². The first-order valence-electron chi connectivity index (χ1n) is 6.36. The number of amides is 1. The van der Waals surface area contributed by atoms with Crippen molar-refractivity contribution in [3.8, 4) is 0 Å². The molecule has 4 nitrogen and oxygen atoms in total. The number of ether oxygens (including phenoxy) is 1. The molecule has 0 bridgehead atoms.